The maximum absolute atomic E-state index is 13.4. The molecule has 35 heavy (non-hydrogen) atoms. The van der Waals surface area contributed by atoms with Gasteiger partial charge in [0, 0.05) is 52.2 Å². The lowest BCUT2D eigenvalue weighted by Gasteiger charge is -2.33. The maximum atomic E-state index is 13.4. The van der Waals surface area contributed by atoms with Crippen molar-refractivity contribution in [2.75, 3.05) is 55.8 Å². The van der Waals surface area contributed by atoms with Crippen molar-refractivity contribution >= 4 is 23.8 Å². The van der Waals surface area contributed by atoms with Crippen molar-refractivity contribution in [1.29, 1.82) is 0 Å². The molecule has 1 aromatic heterocycles. The number of nitrogens with one attached hydrogen (secondary N) is 3. The summed E-state index contributed by atoms with van der Waals surface area (Å²) in [6.07, 6.45) is 4.20. The van der Waals surface area contributed by atoms with Gasteiger partial charge in [-0.2, -0.15) is 15.0 Å². The monoisotopic (exact) mass is 488 g/mol. The number of hydrogen-bond acceptors (Lipinski definition) is 8. The zero-order valence-electron chi connectivity index (χ0n) is 20.4. The van der Waals surface area contributed by atoms with Gasteiger partial charge in [0.25, 0.3) is 0 Å². The number of nitrogens with zero attached hydrogens (tertiary/aromatic N) is 5. The van der Waals surface area contributed by atoms with Crippen molar-refractivity contribution in [3.05, 3.63) is 35.4 Å². The van der Waals surface area contributed by atoms with Gasteiger partial charge < -0.3 is 25.8 Å². The summed E-state index contributed by atoms with van der Waals surface area (Å²) in [5.41, 5.74) is 0.534. The average molecular weight is 489 g/mol. The highest BCUT2D eigenvalue weighted by molar-refractivity contribution is 5.76. The smallest absolute Gasteiger partial charge is 0.232 e. The lowest BCUT2D eigenvalue weighted by molar-refractivity contribution is -0.122. The number of benzene rings is 1. The molecule has 9 nitrogen and oxygen atoms in total. The third-order valence-corrected chi connectivity index (χ3v) is 6.70. The van der Waals surface area contributed by atoms with E-state index in [-0.39, 0.29) is 24.4 Å². The Kier molecular flexibility index (Phi) is 8.27. The average Bonchev–Trinajstić information content (AvgIpc) is 2.85. The van der Waals surface area contributed by atoms with Crippen LogP contribution in [0.25, 0.3) is 0 Å². The third-order valence-electron chi connectivity index (χ3n) is 6.70. The van der Waals surface area contributed by atoms with Crippen LogP contribution in [0, 0.1) is 17.6 Å². The largest absolute Gasteiger partial charge is 0.357 e. The molecule has 0 radical (unpaired) electrons. The second-order valence-corrected chi connectivity index (χ2v) is 9.43. The SMILES string of the molecule is CNc1nc(NC2CCCC(CC(=O)NCc3ccc(F)c(F)c3)C2)nc(N2CCN(C)CC2)n1. The van der Waals surface area contributed by atoms with Crippen LogP contribution in [-0.4, -0.2) is 72.1 Å². The van der Waals surface area contributed by atoms with Crippen LogP contribution in [0.5, 0.6) is 0 Å². The Morgan fingerprint density at radius 3 is 2.57 bits per heavy atom. The first-order valence-electron chi connectivity index (χ1n) is 12.2. The fourth-order valence-electron chi connectivity index (χ4n) is 4.66. The van der Waals surface area contributed by atoms with Gasteiger partial charge in [-0.05, 0) is 49.9 Å². The van der Waals surface area contributed by atoms with Gasteiger partial charge in [-0.1, -0.05) is 12.5 Å². The van der Waals surface area contributed by atoms with E-state index >= 15 is 0 Å². The van der Waals surface area contributed by atoms with E-state index in [1.54, 1.807) is 7.05 Å². The van der Waals surface area contributed by atoms with Crippen LogP contribution in [0.4, 0.5) is 26.6 Å². The molecular formula is C24H34F2N8O. The summed E-state index contributed by atoms with van der Waals surface area (Å²) in [6, 6.07) is 3.83. The highest BCUT2D eigenvalue weighted by atomic mass is 19.2. The Hall–Kier alpha value is -3.08. The van der Waals surface area contributed by atoms with Crippen LogP contribution < -0.4 is 20.9 Å². The van der Waals surface area contributed by atoms with E-state index in [1.165, 1.54) is 6.07 Å². The lowest BCUT2D eigenvalue weighted by Crippen LogP contribution is -2.45. The number of carbonyl (C=O) groups is 1. The number of piperazine rings is 1. The summed E-state index contributed by atoms with van der Waals surface area (Å²) in [6.45, 7) is 3.84. The molecule has 2 atom stereocenters. The zero-order valence-corrected chi connectivity index (χ0v) is 20.4. The third kappa shape index (κ3) is 6.97. The van der Waals surface area contributed by atoms with Crippen LogP contribution in [0.3, 0.4) is 0 Å². The van der Waals surface area contributed by atoms with Gasteiger partial charge in [0.05, 0.1) is 0 Å². The van der Waals surface area contributed by atoms with Crippen molar-refractivity contribution in [1.82, 2.24) is 25.2 Å². The highest BCUT2D eigenvalue weighted by Crippen LogP contribution is 2.29. The molecule has 2 aliphatic rings. The van der Waals surface area contributed by atoms with Crippen LogP contribution >= 0.6 is 0 Å². The number of anilines is 3. The Morgan fingerprint density at radius 1 is 1.06 bits per heavy atom. The molecule has 2 fully saturated rings. The molecule has 1 amide bonds. The van der Waals surface area contributed by atoms with E-state index in [0.717, 1.165) is 64.0 Å². The Morgan fingerprint density at radius 2 is 1.83 bits per heavy atom. The number of carbonyl (C=O) groups excluding carboxylic acids is 1. The van der Waals surface area contributed by atoms with Crippen LogP contribution in [0.2, 0.25) is 0 Å². The molecular weight excluding hydrogens is 454 g/mol. The second kappa shape index (κ2) is 11.6. The van der Waals surface area contributed by atoms with E-state index in [0.29, 0.717) is 29.8 Å². The molecule has 2 aromatic rings. The Balaban J connectivity index is 1.31. The van der Waals surface area contributed by atoms with Crippen LogP contribution in [-0.2, 0) is 11.3 Å². The van der Waals surface area contributed by atoms with Crippen molar-refractivity contribution in [3.8, 4) is 0 Å². The van der Waals surface area contributed by atoms with Gasteiger partial charge >= 0.3 is 0 Å². The minimum Gasteiger partial charge on any atom is -0.357 e. The van der Waals surface area contributed by atoms with Crippen LogP contribution in [0.15, 0.2) is 18.2 Å². The molecule has 3 N–H and O–H groups in total. The standard InChI is InChI=1S/C24H34F2N8O/c1-27-22-30-23(32-24(31-22)34-10-8-33(2)9-11-34)29-18-5-3-4-16(12-18)14-21(35)28-15-17-6-7-19(25)20(26)13-17/h6-7,13,16,18H,3-5,8-12,14-15H2,1-2H3,(H,28,35)(H2,27,29,30,31,32). The van der Waals surface area contributed by atoms with Gasteiger partial charge in [0.1, 0.15) is 0 Å². The zero-order chi connectivity index (χ0) is 24.8. The van der Waals surface area contributed by atoms with Gasteiger partial charge in [0.15, 0.2) is 11.6 Å². The topological polar surface area (TPSA) is 98.3 Å². The Bertz CT molecular complexity index is 1020. The van der Waals surface area contributed by atoms with Crippen LogP contribution in [0.1, 0.15) is 37.7 Å². The first kappa shape index (κ1) is 25.0. The minimum absolute atomic E-state index is 0.0876. The summed E-state index contributed by atoms with van der Waals surface area (Å²) in [4.78, 5) is 30.7. The molecule has 190 valence electrons. The summed E-state index contributed by atoms with van der Waals surface area (Å²) in [5.74, 6) is 0.0882. The first-order chi connectivity index (χ1) is 16.9. The molecule has 2 heterocycles. The van der Waals surface area contributed by atoms with Gasteiger partial charge in [-0.25, -0.2) is 8.78 Å². The Labute approximate surface area is 204 Å². The first-order valence-corrected chi connectivity index (χ1v) is 12.2. The van der Waals surface area contributed by atoms with Gasteiger partial charge in [-0.3, -0.25) is 4.79 Å². The fourth-order valence-corrected chi connectivity index (χ4v) is 4.66. The normalized spacial score (nSPS) is 21.0. The molecule has 1 saturated carbocycles. The number of halogens is 2. The highest BCUT2D eigenvalue weighted by Gasteiger charge is 2.25. The van der Waals surface area contributed by atoms with Crippen molar-refractivity contribution in [3.63, 3.8) is 0 Å². The van der Waals surface area contributed by atoms with Crippen molar-refractivity contribution in [2.45, 2.75) is 44.7 Å². The van der Waals surface area contributed by atoms with Gasteiger partial charge in [0.2, 0.25) is 23.8 Å². The molecule has 4 rings (SSSR count). The van der Waals surface area contributed by atoms with E-state index in [1.807, 2.05) is 0 Å². The molecule has 1 aliphatic heterocycles. The number of amides is 1. The summed E-state index contributed by atoms with van der Waals surface area (Å²) in [5, 5.41) is 9.31. The minimum atomic E-state index is -0.909. The summed E-state index contributed by atoms with van der Waals surface area (Å²) < 4.78 is 26.5. The van der Waals surface area contributed by atoms with Gasteiger partial charge in [-0.15, -0.1) is 0 Å². The number of rotatable bonds is 8. The fraction of sp³-hybridized carbons (Fsp3) is 0.583. The maximum Gasteiger partial charge on any atom is 0.232 e. The van der Waals surface area contributed by atoms with Crippen molar-refractivity contribution in [2.24, 2.45) is 5.92 Å². The molecule has 1 aliphatic carbocycles. The molecule has 2 unspecified atom stereocenters. The molecule has 1 saturated heterocycles. The molecule has 0 bridgehead atoms. The predicted molar refractivity (Wildman–Crippen MR) is 131 cm³/mol. The van der Waals surface area contributed by atoms with E-state index in [9.17, 15) is 13.6 Å². The lowest BCUT2D eigenvalue weighted by atomic mass is 9.83. The number of likely N-dealkylation sites (N-methyl/N-ethyl adjacent to an activating group) is 1. The van der Waals surface area contributed by atoms with Crippen molar-refractivity contribution < 1.29 is 13.6 Å². The molecule has 0 spiro atoms. The molecule has 1 aromatic carbocycles. The van der Waals surface area contributed by atoms with E-state index < -0.39 is 11.6 Å². The number of hydrogen-bond donors (Lipinski definition) is 3. The second-order valence-electron chi connectivity index (χ2n) is 9.43. The van der Waals surface area contributed by atoms with E-state index in [2.05, 4.69) is 47.7 Å². The predicted octanol–water partition coefficient (Wildman–Crippen LogP) is 2.62. The van der Waals surface area contributed by atoms with E-state index in [4.69, 9.17) is 0 Å². The summed E-state index contributed by atoms with van der Waals surface area (Å²) >= 11 is 0. The summed E-state index contributed by atoms with van der Waals surface area (Å²) in [7, 11) is 3.90. The molecule has 11 heteroatoms. The number of aromatic nitrogens is 3. The quantitative estimate of drug-likeness (QED) is 0.522.